The molecule has 4 aromatic heterocycles. The standard InChI is InChI=1S/C37H39BF2N10O11P2S/c1-2-11-54-21-9-5-20(6-10-21)37(51)57-22-7-3-19(4-8-22)14-64-63(53)56-13-24-29(25(39)35(59-24)49-17-47-27-31(41)43-15-45-33(27)49)60-62(38,52)55-12-23-30(61-63)26(40)36(58-23)50-18-48-28-32(42)44-16-46-34(28)50/h3-10,15-18,23-26,29-30,35-36H,2,11-14,38H2,1H3,(H2,41,43,45)(H2,42,44,46)/t23-,24-,25-,26-,29-,30-,35-,36-,62-,63+/m1/s1. The van der Waals surface area contributed by atoms with Crippen LogP contribution < -0.4 is 20.9 Å². The molecule has 21 nitrogen and oxygen atoms in total. The average Bonchev–Trinajstić information content (AvgIpc) is 4.06. The third-order valence-corrected chi connectivity index (χ3v) is 15.3. The molecule has 0 saturated carbocycles. The molecule has 7 heterocycles. The minimum atomic E-state index is -4.52. The Morgan fingerprint density at radius 1 is 0.797 bits per heavy atom. The van der Waals surface area contributed by atoms with Gasteiger partial charge < -0.3 is 39.5 Å². The molecule has 4 N–H and O–H groups in total. The van der Waals surface area contributed by atoms with Crippen LogP contribution in [0.15, 0.2) is 73.8 Å². The summed E-state index contributed by atoms with van der Waals surface area (Å²) in [7, 11) is -3.08. The lowest BCUT2D eigenvalue weighted by Crippen LogP contribution is -2.37. The van der Waals surface area contributed by atoms with Crippen LogP contribution in [0.5, 0.6) is 11.5 Å². The zero-order chi connectivity index (χ0) is 44.8. The predicted octanol–water partition coefficient (Wildman–Crippen LogP) is 4.91. The van der Waals surface area contributed by atoms with Gasteiger partial charge in [-0.05, 0) is 59.8 Å². The number of benzene rings is 2. The summed E-state index contributed by atoms with van der Waals surface area (Å²) in [5.41, 5.74) is 13.5. The Labute approximate surface area is 367 Å². The first kappa shape index (κ1) is 44.1. The number of alkyl halides is 2. The van der Waals surface area contributed by atoms with Crippen LogP contribution >= 0.6 is 25.7 Å². The van der Waals surface area contributed by atoms with Crippen LogP contribution in [0.4, 0.5) is 20.4 Å². The molecule has 64 heavy (non-hydrogen) atoms. The van der Waals surface area contributed by atoms with Gasteiger partial charge in [0.1, 0.15) is 59.6 Å². The maximum Gasteiger partial charge on any atom is 0.389 e. The van der Waals surface area contributed by atoms with Crippen LogP contribution in [-0.4, -0.2) is 109 Å². The van der Waals surface area contributed by atoms with Crippen LogP contribution in [0, 0.1) is 0 Å². The van der Waals surface area contributed by atoms with Crippen molar-refractivity contribution in [3.05, 3.63) is 85.0 Å². The first-order valence-electron chi connectivity index (χ1n) is 19.8. The Kier molecular flexibility index (Phi) is 12.4. The van der Waals surface area contributed by atoms with E-state index >= 15 is 8.78 Å². The van der Waals surface area contributed by atoms with Crippen molar-refractivity contribution in [1.29, 1.82) is 0 Å². The maximum atomic E-state index is 16.8. The molecule has 3 fully saturated rings. The van der Waals surface area contributed by atoms with E-state index in [9.17, 15) is 13.9 Å². The van der Waals surface area contributed by atoms with Gasteiger partial charge in [0.25, 0.3) is 15.0 Å². The molecule has 27 heteroatoms. The Hall–Kier alpha value is -5.10. The van der Waals surface area contributed by atoms with E-state index in [-0.39, 0.29) is 45.5 Å². The van der Waals surface area contributed by atoms with Crippen molar-refractivity contribution in [3.8, 4) is 11.5 Å². The lowest BCUT2D eigenvalue weighted by Gasteiger charge is -2.30. The molecule has 3 aliphatic heterocycles. The number of hydrogen-bond acceptors (Lipinski definition) is 20. The molecule has 2 aromatic carbocycles. The number of halogens is 2. The van der Waals surface area contributed by atoms with Crippen LogP contribution in [0.2, 0.25) is 0 Å². The van der Waals surface area contributed by atoms with Crippen molar-refractivity contribution in [2.45, 2.75) is 68.3 Å². The third-order valence-electron chi connectivity index (χ3n) is 10.4. The molecular formula is C37H39BF2N10O11P2S. The van der Waals surface area contributed by atoms with Crippen molar-refractivity contribution < 1.29 is 59.7 Å². The number of ether oxygens (including phenoxy) is 4. The van der Waals surface area contributed by atoms with Gasteiger partial charge in [0, 0.05) is 5.75 Å². The molecule has 0 unspecified atom stereocenters. The van der Waals surface area contributed by atoms with E-state index in [2.05, 4.69) is 29.9 Å². The van der Waals surface area contributed by atoms with E-state index in [1.807, 2.05) is 6.92 Å². The first-order valence-corrected chi connectivity index (χ1v) is 24.9. The number of hydrogen-bond donors (Lipinski definition) is 2. The number of carbonyl (C=O) groups is 1. The molecule has 0 spiro atoms. The Morgan fingerprint density at radius 2 is 1.34 bits per heavy atom. The second kappa shape index (κ2) is 18.1. The van der Waals surface area contributed by atoms with E-state index in [1.54, 1.807) is 48.5 Å². The number of nitrogens with zero attached hydrogens (tertiary/aromatic N) is 8. The molecule has 0 radical (unpaired) electrons. The minimum Gasteiger partial charge on any atom is -0.494 e. The lowest BCUT2D eigenvalue weighted by molar-refractivity contribution is -0.0546. The van der Waals surface area contributed by atoms with Gasteiger partial charge in [-0.3, -0.25) is 22.7 Å². The molecule has 10 atom stereocenters. The Bertz CT molecular complexity index is 2760. The second-order valence-electron chi connectivity index (χ2n) is 14.8. The zero-order valence-electron chi connectivity index (χ0n) is 33.9. The summed E-state index contributed by atoms with van der Waals surface area (Å²) in [6.07, 6.45) is -7.44. The second-order valence-corrected chi connectivity index (χ2v) is 20.9. The minimum absolute atomic E-state index is 0.0334. The van der Waals surface area contributed by atoms with Gasteiger partial charge in [-0.15, -0.1) is 0 Å². The van der Waals surface area contributed by atoms with E-state index in [0.29, 0.717) is 34.9 Å². The van der Waals surface area contributed by atoms with Crippen molar-refractivity contribution in [2.24, 2.45) is 0 Å². The van der Waals surface area contributed by atoms with Gasteiger partial charge in [-0.1, -0.05) is 19.1 Å². The first-order chi connectivity index (χ1) is 30.8. The van der Waals surface area contributed by atoms with Crippen molar-refractivity contribution >= 4 is 73.2 Å². The fourth-order valence-corrected chi connectivity index (χ4v) is 11.8. The molecule has 9 rings (SSSR count). The summed E-state index contributed by atoms with van der Waals surface area (Å²) in [5, 5.41) is 0. The highest BCUT2D eigenvalue weighted by molar-refractivity contribution is 8.54. The summed E-state index contributed by atoms with van der Waals surface area (Å²) in [5.74, 6) is 0.318. The highest BCUT2D eigenvalue weighted by Crippen LogP contribution is 2.65. The number of fused-ring (bicyclic) bond motifs is 4. The Morgan fingerprint density at radius 3 is 1.92 bits per heavy atom. The smallest absolute Gasteiger partial charge is 0.389 e. The van der Waals surface area contributed by atoms with E-state index in [4.69, 9.17) is 48.5 Å². The number of carbonyl (C=O) groups excluding carboxylic acids is 1. The fourth-order valence-electron chi connectivity index (χ4n) is 7.22. The SMILES string of the molecule is B[P@@]1(=O)OC[C@H]2O[C@@H](n3cnc4c(N)ncnc43)[C@H](F)[C@@H]2O[P@@](=O)(SCc2ccc(OC(=O)c3ccc(OCCC)cc3)cc2)OC[C@H]2O[C@@H](n3cnc4c(N)ncnc43)[C@H](F)[C@@H]2O1. The van der Waals surface area contributed by atoms with Gasteiger partial charge in [0.15, 0.2) is 47.7 Å². The maximum absolute atomic E-state index is 16.8. The normalized spacial score (nSPS) is 29.7. The highest BCUT2D eigenvalue weighted by Gasteiger charge is 2.54. The highest BCUT2D eigenvalue weighted by atomic mass is 32.7. The van der Waals surface area contributed by atoms with Gasteiger partial charge in [-0.2, -0.15) is 0 Å². The van der Waals surface area contributed by atoms with Gasteiger partial charge >= 0.3 is 12.8 Å². The largest absolute Gasteiger partial charge is 0.494 e. The quantitative estimate of drug-likeness (QED) is 0.0800. The molecular weight excluding hydrogens is 903 g/mol. The number of nitrogens with two attached hydrogens (primary N) is 2. The topological polar surface area (TPSA) is 264 Å². The van der Waals surface area contributed by atoms with Gasteiger partial charge in [-0.25, -0.2) is 48.0 Å². The van der Waals surface area contributed by atoms with Crippen molar-refractivity contribution in [2.75, 3.05) is 31.3 Å². The molecule has 0 bridgehead atoms. The number of esters is 1. The summed E-state index contributed by atoms with van der Waals surface area (Å²) < 4.78 is 112. The van der Waals surface area contributed by atoms with Gasteiger partial charge in [0.2, 0.25) is 0 Å². The molecule has 0 aliphatic carbocycles. The predicted molar refractivity (Wildman–Crippen MR) is 227 cm³/mol. The molecule has 336 valence electrons. The number of nitrogen functional groups attached to an aromatic ring is 2. The third kappa shape index (κ3) is 8.96. The molecule has 3 aliphatic rings. The van der Waals surface area contributed by atoms with Crippen LogP contribution in [0.1, 0.15) is 41.7 Å². The van der Waals surface area contributed by atoms with Crippen molar-refractivity contribution in [3.63, 3.8) is 0 Å². The van der Waals surface area contributed by atoms with E-state index < -0.39 is 82.7 Å². The van der Waals surface area contributed by atoms with Crippen LogP contribution in [0.3, 0.4) is 0 Å². The summed E-state index contributed by atoms with van der Waals surface area (Å²) in [6, 6.07) is 12.9. The summed E-state index contributed by atoms with van der Waals surface area (Å²) in [6.45, 7) is -3.26. The molecule has 6 aromatic rings. The van der Waals surface area contributed by atoms with Crippen molar-refractivity contribution in [1.82, 2.24) is 39.0 Å². The summed E-state index contributed by atoms with van der Waals surface area (Å²) >= 11 is 0.699. The van der Waals surface area contributed by atoms with Gasteiger partial charge in [0.05, 0.1) is 38.0 Å². The number of aromatic nitrogens is 8. The van der Waals surface area contributed by atoms with Crippen LogP contribution in [0.25, 0.3) is 22.3 Å². The monoisotopic (exact) mass is 942 g/mol. The fraction of sp³-hybridized carbons (Fsp3) is 0.378. The Balaban J connectivity index is 0.975. The van der Waals surface area contributed by atoms with E-state index in [1.165, 1.54) is 34.4 Å². The number of imidazole rings is 2. The number of rotatable bonds is 10. The molecule has 3 saturated heterocycles. The molecule has 0 amide bonds. The zero-order valence-corrected chi connectivity index (χ0v) is 36.5. The number of anilines is 2. The summed E-state index contributed by atoms with van der Waals surface area (Å²) in [4.78, 5) is 37.4. The van der Waals surface area contributed by atoms with Crippen LogP contribution in [-0.2, 0) is 42.5 Å². The average molecular weight is 943 g/mol. The van der Waals surface area contributed by atoms with E-state index in [0.717, 1.165) is 14.0 Å². The lowest BCUT2D eigenvalue weighted by atomic mass is 10.1.